The molecular weight excluding hydrogens is 453 g/mol. The van der Waals surface area contributed by atoms with Crippen LogP contribution in [0.25, 0.3) is 10.9 Å². The van der Waals surface area contributed by atoms with Crippen molar-refractivity contribution in [3.63, 3.8) is 0 Å². The number of aromatic nitrogens is 1. The molecule has 4 rings (SSSR count). The minimum atomic E-state index is -5.00. The lowest BCUT2D eigenvalue weighted by atomic mass is 9.97. The molecule has 0 radical (unpaired) electrons. The van der Waals surface area contributed by atoms with Gasteiger partial charge in [0.05, 0.1) is 10.9 Å². The SMILES string of the molecule is CCN(CC1CN(c2c(F)cc3c(=O)c(C(=O)O)cn(C4CC4)c3c2F)C1)C(=O)C(F)(F)F. The second-order valence-electron chi connectivity index (χ2n) is 8.35. The molecule has 0 atom stereocenters. The van der Waals surface area contributed by atoms with Crippen molar-refractivity contribution in [1.82, 2.24) is 9.47 Å². The van der Waals surface area contributed by atoms with Gasteiger partial charge < -0.3 is 19.5 Å². The molecule has 2 aliphatic rings. The minimum absolute atomic E-state index is 0.0157. The van der Waals surface area contributed by atoms with Crippen molar-refractivity contribution in [2.45, 2.75) is 32.0 Å². The molecule has 1 aliphatic heterocycles. The van der Waals surface area contributed by atoms with E-state index < -0.39 is 52.3 Å². The smallest absolute Gasteiger partial charge is 0.471 e. The molecule has 1 N–H and O–H groups in total. The van der Waals surface area contributed by atoms with Crippen LogP contribution in [0.5, 0.6) is 0 Å². The average Bonchev–Trinajstić information content (AvgIpc) is 3.53. The number of rotatable bonds is 6. The fourth-order valence-electron chi connectivity index (χ4n) is 4.23. The predicted molar refractivity (Wildman–Crippen MR) is 107 cm³/mol. The first-order valence-corrected chi connectivity index (χ1v) is 10.3. The van der Waals surface area contributed by atoms with E-state index in [1.807, 2.05) is 0 Å². The van der Waals surface area contributed by atoms with Crippen LogP contribution in [0, 0.1) is 17.6 Å². The lowest BCUT2D eigenvalue weighted by Crippen LogP contribution is -2.54. The molecular formula is C21H20F5N3O4. The van der Waals surface area contributed by atoms with Crippen molar-refractivity contribution >= 4 is 28.5 Å². The van der Waals surface area contributed by atoms with Gasteiger partial charge in [-0.1, -0.05) is 0 Å². The summed E-state index contributed by atoms with van der Waals surface area (Å²) in [5.74, 6) is -5.98. The Kier molecular flexibility index (Phi) is 5.57. The van der Waals surface area contributed by atoms with Crippen LogP contribution in [0.2, 0.25) is 0 Å². The summed E-state index contributed by atoms with van der Waals surface area (Å²) in [4.78, 5) is 37.4. The van der Waals surface area contributed by atoms with Crippen LogP contribution in [-0.4, -0.2) is 58.8 Å². The van der Waals surface area contributed by atoms with E-state index in [2.05, 4.69) is 0 Å². The van der Waals surface area contributed by atoms with Crippen LogP contribution >= 0.6 is 0 Å². The van der Waals surface area contributed by atoms with Gasteiger partial charge >= 0.3 is 18.1 Å². The Balaban J connectivity index is 1.65. The van der Waals surface area contributed by atoms with Crippen LogP contribution < -0.4 is 10.3 Å². The highest BCUT2D eigenvalue weighted by molar-refractivity contribution is 5.94. The van der Waals surface area contributed by atoms with Crippen molar-refractivity contribution in [1.29, 1.82) is 0 Å². The first-order valence-electron chi connectivity index (χ1n) is 10.3. The Morgan fingerprint density at radius 2 is 1.85 bits per heavy atom. The Bertz CT molecular complexity index is 1200. The number of halogens is 5. The highest BCUT2D eigenvalue weighted by atomic mass is 19.4. The molecule has 178 valence electrons. The maximum atomic E-state index is 15.5. The maximum absolute atomic E-state index is 15.5. The molecule has 2 fully saturated rings. The number of carbonyl (C=O) groups is 2. The molecule has 1 saturated heterocycles. The van der Waals surface area contributed by atoms with Gasteiger partial charge in [0.15, 0.2) is 5.82 Å². The number of benzene rings is 1. The van der Waals surface area contributed by atoms with Crippen LogP contribution in [0.1, 0.15) is 36.2 Å². The number of carboxylic acids is 1. The minimum Gasteiger partial charge on any atom is -0.477 e. The van der Waals surface area contributed by atoms with Crippen LogP contribution in [0.3, 0.4) is 0 Å². The van der Waals surface area contributed by atoms with Crippen molar-refractivity contribution in [3.05, 3.63) is 39.7 Å². The number of nitrogens with zero attached hydrogens (tertiary/aromatic N) is 3. The summed E-state index contributed by atoms with van der Waals surface area (Å²) in [5.41, 5.74) is -2.21. The normalized spacial score (nSPS) is 16.7. The molecule has 1 aromatic heterocycles. The van der Waals surface area contributed by atoms with E-state index in [9.17, 15) is 37.1 Å². The molecule has 0 spiro atoms. The van der Waals surface area contributed by atoms with E-state index >= 15 is 4.39 Å². The number of anilines is 1. The zero-order chi connectivity index (χ0) is 24.2. The predicted octanol–water partition coefficient (Wildman–Crippen LogP) is 3.16. The summed E-state index contributed by atoms with van der Waals surface area (Å²) in [6.07, 6.45) is -2.64. The lowest BCUT2D eigenvalue weighted by molar-refractivity contribution is -0.186. The molecule has 7 nitrogen and oxygen atoms in total. The Hall–Kier alpha value is -3.18. The fourth-order valence-corrected chi connectivity index (χ4v) is 4.23. The molecule has 1 aliphatic carbocycles. The van der Waals surface area contributed by atoms with Gasteiger partial charge in [-0.15, -0.1) is 0 Å². The van der Waals surface area contributed by atoms with Gasteiger partial charge in [0.1, 0.15) is 17.1 Å². The number of pyridine rings is 1. The third kappa shape index (κ3) is 4.02. The number of aromatic carboxylic acids is 1. The molecule has 2 heterocycles. The Labute approximate surface area is 184 Å². The molecule has 0 bridgehead atoms. The van der Waals surface area contributed by atoms with Gasteiger partial charge in [-0.05, 0) is 25.8 Å². The van der Waals surface area contributed by atoms with E-state index in [4.69, 9.17) is 0 Å². The van der Waals surface area contributed by atoms with Crippen LogP contribution in [0.15, 0.2) is 17.1 Å². The van der Waals surface area contributed by atoms with Crippen molar-refractivity contribution in [3.8, 4) is 0 Å². The monoisotopic (exact) mass is 473 g/mol. The van der Waals surface area contributed by atoms with Gasteiger partial charge in [0.25, 0.3) is 0 Å². The third-order valence-electron chi connectivity index (χ3n) is 6.02. The molecule has 2 aromatic rings. The largest absolute Gasteiger partial charge is 0.477 e. The van der Waals surface area contributed by atoms with Crippen LogP contribution in [0.4, 0.5) is 27.6 Å². The summed E-state index contributed by atoms with van der Waals surface area (Å²) in [6, 6.07) is 0.593. The lowest BCUT2D eigenvalue weighted by Gasteiger charge is -2.43. The van der Waals surface area contributed by atoms with E-state index in [-0.39, 0.29) is 43.1 Å². The number of hydrogen-bond donors (Lipinski definition) is 1. The molecule has 1 amide bonds. The summed E-state index contributed by atoms with van der Waals surface area (Å²) in [7, 11) is 0. The molecule has 12 heteroatoms. The van der Waals surface area contributed by atoms with Crippen molar-refractivity contribution in [2.75, 3.05) is 31.1 Å². The van der Waals surface area contributed by atoms with Gasteiger partial charge in [-0.25, -0.2) is 13.6 Å². The maximum Gasteiger partial charge on any atom is 0.471 e. The van der Waals surface area contributed by atoms with Crippen LogP contribution in [-0.2, 0) is 4.79 Å². The van der Waals surface area contributed by atoms with Gasteiger partial charge in [0, 0.05) is 44.3 Å². The summed E-state index contributed by atoms with van der Waals surface area (Å²) in [6.45, 7) is 1.07. The Morgan fingerprint density at radius 3 is 2.36 bits per heavy atom. The van der Waals surface area contributed by atoms with Gasteiger partial charge in [-0.3, -0.25) is 9.59 Å². The second kappa shape index (κ2) is 7.99. The Morgan fingerprint density at radius 1 is 1.21 bits per heavy atom. The van der Waals surface area contributed by atoms with E-state index in [1.54, 1.807) is 0 Å². The van der Waals surface area contributed by atoms with Crippen molar-refractivity contribution < 1.29 is 36.6 Å². The fraction of sp³-hybridized carbons (Fsp3) is 0.476. The summed E-state index contributed by atoms with van der Waals surface area (Å²) >= 11 is 0. The third-order valence-corrected chi connectivity index (χ3v) is 6.02. The molecule has 0 unspecified atom stereocenters. The number of hydrogen-bond acceptors (Lipinski definition) is 4. The molecule has 33 heavy (non-hydrogen) atoms. The van der Waals surface area contributed by atoms with Crippen molar-refractivity contribution in [2.24, 2.45) is 5.92 Å². The summed E-state index contributed by atoms with van der Waals surface area (Å²) < 4.78 is 69.8. The number of fused-ring (bicyclic) bond motifs is 1. The van der Waals surface area contributed by atoms with E-state index in [0.717, 1.165) is 12.3 Å². The molecule has 1 saturated carbocycles. The number of carboxylic acid groups (broad SMARTS) is 1. The van der Waals surface area contributed by atoms with Gasteiger partial charge in [0.2, 0.25) is 5.43 Å². The topological polar surface area (TPSA) is 82.8 Å². The first-order chi connectivity index (χ1) is 15.4. The summed E-state index contributed by atoms with van der Waals surface area (Å²) in [5, 5.41) is 8.90. The average molecular weight is 473 g/mol. The highest BCUT2D eigenvalue weighted by Gasteiger charge is 2.44. The second-order valence-corrected chi connectivity index (χ2v) is 8.35. The first kappa shape index (κ1) is 23.0. The zero-order valence-corrected chi connectivity index (χ0v) is 17.5. The van der Waals surface area contributed by atoms with E-state index in [0.29, 0.717) is 17.7 Å². The van der Waals surface area contributed by atoms with Gasteiger partial charge in [-0.2, -0.15) is 13.2 Å². The highest BCUT2D eigenvalue weighted by Crippen LogP contribution is 2.40. The number of alkyl halides is 3. The quantitative estimate of drug-likeness (QED) is 0.652. The standard InChI is InChI=1S/C21H20F5N3O4/c1-2-27(20(33)21(24,25)26)6-10-7-28(8-10)17-14(22)5-12-16(15(17)23)29(11-3-4-11)9-13(18(12)30)19(31)32/h5,9-11H,2-4,6-8H2,1H3,(H,31,32). The number of amides is 1. The molecule has 1 aromatic carbocycles. The zero-order valence-electron chi connectivity index (χ0n) is 17.5. The van der Waals surface area contributed by atoms with E-state index in [1.165, 1.54) is 16.4 Å². The number of carbonyl (C=O) groups excluding carboxylic acids is 1.